The number of anilines is 4. The first-order chi connectivity index (χ1) is 14.1. The molecule has 0 saturated carbocycles. The third kappa shape index (κ3) is 4.03. The van der Waals surface area contributed by atoms with Crippen LogP contribution < -0.4 is 21.3 Å². The Morgan fingerprint density at radius 2 is 1.60 bits per heavy atom. The van der Waals surface area contributed by atoms with Gasteiger partial charge in [-0.05, 0) is 17.5 Å². The summed E-state index contributed by atoms with van der Waals surface area (Å²) in [5.74, 6) is 2.14. The average molecular weight is 431 g/mol. The Morgan fingerprint density at radius 3 is 2.27 bits per heavy atom. The predicted octanol–water partition coefficient (Wildman–Crippen LogP) is 2.82. The zero-order chi connectivity index (χ0) is 20.4. The van der Waals surface area contributed by atoms with Crippen molar-refractivity contribution in [3.63, 3.8) is 0 Å². The zero-order valence-electron chi connectivity index (χ0n) is 17.2. The van der Waals surface area contributed by atoms with Crippen LogP contribution in [-0.2, 0) is 6.42 Å². The molecule has 0 unspecified atom stereocenters. The molecular weight excluding hydrogens is 404 g/mol. The van der Waals surface area contributed by atoms with Crippen molar-refractivity contribution >= 4 is 47.0 Å². The predicted molar refractivity (Wildman–Crippen MR) is 123 cm³/mol. The lowest BCUT2D eigenvalue weighted by Crippen LogP contribution is -2.22. The number of aliphatic hydroxyl groups is 1. The van der Waals surface area contributed by atoms with Crippen LogP contribution in [0.3, 0.4) is 0 Å². The molecule has 0 amide bonds. The summed E-state index contributed by atoms with van der Waals surface area (Å²) in [5.41, 5.74) is 3.43. The minimum Gasteiger partial charge on any atom is -0.390 e. The van der Waals surface area contributed by atoms with Gasteiger partial charge in [-0.2, -0.15) is 9.97 Å². The van der Waals surface area contributed by atoms with Crippen LogP contribution in [0.1, 0.15) is 30.5 Å². The molecule has 3 aromatic rings. The van der Waals surface area contributed by atoms with Gasteiger partial charge in [0.05, 0.1) is 12.1 Å². The molecule has 1 aliphatic rings. The van der Waals surface area contributed by atoms with Crippen molar-refractivity contribution in [1.29, 1.82) is 0 Å². The van der Waals surface area contributed by atoms with E-state index >= 15 is 0 Å². The van der Waals surface area contributed by atoms with Gasteiger partial charge < -0.3 is 26.4 Å². The highest BCUT2D eigenvalue weighted by Gasteiger charge is 2.32. The van der Waals surface area contributed by atoms with Crippen molar-refractivity contribution < 1.29 is 5.11 Å². The monoisotopic (exact) mass is 430 g/mol. The number of nitrogens with zero attached hydrogens (tertiary/aromatic N) is 4. The summed E-state index contributed by atoms with van der Waals surface area (Å²) in [6, 6.07) is 7.79. The highest BCUT2D eigenvalue weighted by molar-refractivity contribution is 5.94. The van der Waals surface area contributed by atoms with Gasteiger partial charge in [0, 0.05) is 27.1 Å². The molecule has 0 fully saturated rings. The number of hydrogen-bond donors (Lipinski definition) is 5. The zero-order valence-corrected chi connectivity index (χ0v) is 18.0. The molecule has 5 N–H and O–H groups in total. The maximum atomic E-state index is 10.7. The molecule has 1 aromatic carbocycles. The van der Waals surface area contributed by atoms with Crippen LogP contribution in [0.15, 0.2) is 24.3 Å². The van der Waals surface area contributed by atoms with Crippen LogP contribution in [-0.4, -0.2) is 51.8 Å². The minimum absolute atomic E-state index is 0. The second kappa shape index (κ2) is 9.27. The standard InChI is InChI=1S/C20H26N8O.ClH/c1-4-9-23-17-15-16(26-19(21-2)27-17)18(28-20(22-3)25-15)24-14-12-8-6-5-7-11(12)10-13(14)29;/h5-8,13-14,29H,4,9-10H2,1-3H3,(H2,21,23,26,27)(H2,22,24,25,28);1H/t13-,14-;/m1./s1. The normalized spacial score (nSPS) is 17.2. The van der Waals surface area contributed by atoms with E-state index in [0.717, 1.165) is 24.1 Å². The lowest BCUT2D eigenvalue weighted by Gasteiger charge is -2.20. The van der Waals surface area contributed by atoms with Gasteiger partial charge in [0.25, 0.3) is 0 Å². The van der Waals surface area contributed by atoms with Crippen LogP contribution in [0.2, 0.25) is 0 Å². The van der Waals surface area contributed by atoms with Crippen molar-refractivity contribution in [2.45, 2.75) is 31.9 Å². The van der Waals surface area contributed by atoms with E-state index in [1.165, 1.54) is 0 Å². The molecule has 30 heavy (non-hydrogen) atoms. The van der Waals surface area contributed by atoms with E-state index in [2.05, 4.69) is 48.1 Å². The molecule has 4 rings (SSSR count). The fourth-order valence-corrected chi connectivity index (χ4v) is 3.60. The molecule has 160 valence electrons. The molecule has 10 heteroatoms. The van der Waals surface area contributed by atoms with Gasteiger partial charge in [0.2, 0.25) is 11.9 Å². The van der Waals surface area contributed by atoms with E-state index in [-0.39, 0.29) is 18.4 Å². The van der Waals surface area contributed by atoms with E-state index < -0.39 is 6.10 Å². The number of benzene rings is 1. The van der Waals surface area contributed by atoms with Gasteiger partial charge in [-0.15, -0.1) is 12.4 Å². The van der Waals surface area contributed by atoms with Crippen LogP contribution >= 0.6 is 12.4 Å². The van der Waals surface area contributed by atoms with E-state index in [0.29, 0.717) is 41.0 Å². The lowest BCUT2D eigenvalue weighted by atomic mass is 10.1. The first-order valence-corrected chi connectivity index (χ1v) is 9.86. The maximum Gasteiger partial charge on any atom is 0.225 e. The first-order valence-electron chi connectivity index (χ1n) is 9.86. The molecule has 0 spiro atoms. The SMILES string of the molecule is CCCNc1nc(NC)nc2c(N[C@@H]3c4ccccc4C[C@H]3O)nc(NC)nc12.Cl. The number of hydrogen-bond acceptors (Lipinski definition) is 9. The number of nitrogens with one attached hydrogen (secondary N) is 4. The molecule has 9 nitrogen and oxygen atoms in total. The van der Waals surface area contributed by atoms with E-state index in [1.807, 2.05) is 24.3 Å². The first kappa shape index (κ1) is 21.8. The van der Waals surface area contributed by atoms with Gasteiger partial charge in [-0.25, -0.2) is 9.97 Å². The van der Waals surface area contributed by atoms with Crippen molar-refractivity contribution in [2.24, 2.45) is 0 Å². The fraction of sp³-hybridized carbons (Fsp3) is 0.400. The number of halogens is 1. The molecule has 0 radical (unpaired) electrons. The average Bonchev–Trinajstić information content (AvgIpc) is 3.06. The quantitative estimate of drug-likeness (QED) is 0.385. The summed E-state index contributed by atoms with van der Waals surface area (Å²) in [6.45, 7) is 2.86. The van der Waals surface area contributed by atoms with E-state index in [4.69, 9.17) is 0 Å². The molecule has 2 aromatic heterocycles. The highest BCUT2D eigenvalue weighted by Crippen LogP contribution is 2.36. The number of aromatic nitrogens is 4. The number of aliphatic hydroxyl groups excluding tert-OH is 1. The van der Waals surface area contributed by atoms with Crippen molar-refractivity contribution in [1.82, 2.24) is 19.9 Å². The Hall–Kier alpha value is -2.91. The van der Waals surface area contributed by atoms with Gasteiger partial charge in [-0.1, -0.05) is 31.2 Å². The van der Waals surface area contributed by atoms with Crippen molar-refractivity contribution in [3.05, 3.63) is 35.4 Å². The minimum atomic E-state index is -0.543. The Kier molecular flexibility index (Phi) is 6.73. The topological polar surface area (TPSA) is 120 Å². The van der Waals surface area contributed by atoms with Gasteiger partial charge >= 0.3 is 0 Å². The van der Waals surface area contributed by atoms with Gasteiger partial charge in [0.15, 0.2) is 11.6 Å². The second-order valence-corrected chi connectivity index (χ2v) is 7.01. The fourth-order valence-electron chi connectivity index (χ4n) is 3.60. The Labute approximate surface area is 181 Å². The summed E-state index contributed by atoms with van der Waals surface area (Å²) in [5, 5.41) is 23.4. The van der Waals surface area contributed by atoms with Gasteiger partial charge in [-0.3, -0.25) is 0 Å². The lowest BCUT2D eigenvalue weighted by molar-refractivity contribution is 0.165. The van der Waals surface area contributed by atoms with Crippen LogP contribution in [0, 0.1) is 0 Å². The van der Waals surface area contributed by atoms with Crippen molar-refractivity contribution in [3.8, 4) is 0 Å². The van der Waals surface area contributed by atoms with E-state index in [1.54, 1.807) is 14.1 Å². The summed E-state index contributed by atoms with van der Waals surface area (Å²) in [7, 11) is 3.55. The third-order valence-corrected chi connectivity index (χ3v) is 5.03. The third-order valence-electron chi connectivity index (χ3n) is 5.03. The Morgan fingerprint density at radius 1 is 0.967 bits per heavy atom. The smallest absolute Gasteiger partial charge is 0.225 e. The Bertz CT molecular complexity index is 1030. The van der Waals surface area contributed by atoms with Gasteiger partial charge in [0.1, 0.15) is 11.0 Å². The van der Waals surface area contributed by atoms with Crippen LogP contribution in [0.25, 0.3) is 11.0 Å². The number of rotatable bonds is 7. The van der Waals surface area contributed by atoms with E-state index in [9.17, 15) is 5.11 Å². The summed E-state index contributed by atoms with van der Waals surface area (Å²) >= 11 is 0. The highest BCUT2D eigenvalue weighted by atomic mass is 35.5. The maximum absolute atomic E-state index is 10.7. The molecule has 2 atom stereocenters. The number of fused-ring (bicyclic) bond motifs is 2. The summed E-state index contributed by atoms with van der Waals surface area (Å²) < 4.78 is 0. The largest absolute Gasteiger partial charge is 0.390 e. The Balaban J connectivity index is 0.00000256. The summed E-state index contributed by atoms with van der Waals surface area (Å²) in [6.07, 6.45) is 1.02. The molecule has 2 heterocycles. The molecule has 0 aliphatic heterocycles. The molecular formula is C20H27ClN8O. The summed E-state index contributed by atoms with van der Waals surface area (Å²) in [4.78, 5) is 18.3. The van der Waals surface area contributed by atoms with Crippen LogP contribution in [0.5, 0.6) is 0 Å². The van der Waals surface area contributed by atoms with Crippen LogP contribution in [0.4, 0.5) is 23.5 Å². The van der Waals surface area contributed by atoms with Crippen molar-refractivity contribution in [2.75, 3.05) is 41.9 Å². The second-order valence-electron chi connectivity index (χ2n) is 7.01. The molecule has 0 saturated heterocycles. The molecule has 1 aliphatic carbocycles. The molecule has 0 bridgehead atoms.